The maximum atomic E-state index is 12.1. The Morgan fingerprint density at radius 3 is 2.41 bits per heavy atom. The molecule has 0 saturated carbocycles. The van der Waals surface area contributed by atoms with Crippen LogP contribution in [-0.2, 0) is 14.3 Å². The van der Waals surface area contributed by atoms with Gasteiger partial charge in [0.1, 0.15) is 5.75 Å². The Hall–Kier alpha value is -2.08. The van der Waals surface area contributed by atoms with Crippen molar-refractivity contribution < 1.29 is 19.1 Å². The molecule has 0 radical (unpaired) electrons. The van der Waals surface area contributed by atoms with Gasteiger partial charge in [0, 0.05) is 32.7 Å². The molecule has 0 spiro atoms. The van der Waals surface area contributed by atoms with Gasteiger partial charge >= 0.3 is 0 Å². The molecule has 1 aromatic carbocycles. The fraction of sp³-hybridized carbons (Fsp3) is 0.619. The molecule has 6 heteroatoms. The minimum absolute atomic E-state index is 0.0595. The maximum absolute atomic E-state index is 12.1. The van der Waals surface area contributed by atoms with Gasteiger partial charge in [0.05, 0.1) is 19.6 Å². The molecule has 0 aliphatic carbocycles. The zero-order valence-electron chi connectivity index (χ0n) is 16.8. The zero-order chi connectivity index (χ0) is 19.6. The highest BCUT2D eigenvalue weighted by Crippen LogP contribution is 2.22. The van der Waals surface area contributed by atoms with Gasteiger partial charge < -0.3 is 19.7 Å². The predicted octanol–water partition coefficient (Wildman–Crippen LogP) is 2.61. The lowest BCUT2D eigenvalue weighted by Gasteiger charge is -2.32. The van der Waals surface area contributed by atoms with Gasteiger partial charge in [-0.2, -0.15) is 0 Å². The van der Waals surface area contributed by atoms with E-state index in [2.05, 4.69) is 5.32 Å². The van der Waals surface area contributed by atoms with E-state index in [9.17, 15) is 9.59 Å². The fourth-order valence-electron chi connectivity index (χ4n) is 3.35. The number of aryl methyl sites for hydroxylation is 2. The summed E-state index contributed by atoms with van der Waals surface area (Å²) in [6, 6.07) is 6.23. The summed E-state index contributed by atoms with van der Waals surface area (Å²) in [4.78, 5) is 26.0. The molecule has 1 N–H and O–H groups in total. The first-order chi connectivity index (χ1) is 13.0. The summed E-state index contributed by atoms with van der Waals surface area (Å²) in [7, 11) is 1.60. The van der Waals surface area contributed by atoms with Gasteiger partial charge in [0.25, 0.3) is 0 Å². The Morgan fingerprint density at radius 2 is 1.78 bits per heavy atom. The van der Waals surface area contributed by atoms with E-state index in [1.165, 1.54) is 0 Å². The van der Waals surface area contributed by atoms with Crippen LogP contribution in [0.4, 0.5) is 0 Å². The molecule has 2 amide bonds. The normalized spacial score (nSPS) is 14.9. The minimum atomic E-state index is 0.0595. The van der Waals surface area contributed by atoms with Crippen LogP contribution in [0.1, 0.15) is 43.2 Å². The number of hydrogen-bond donors (Lipinski definition) is 1. The second kappa shape index (κ2) is 10.9. The first-order valence-electron chi connectivity index (χ1n) is 9.76. The summed E-state index contributed by atoms with van der Waals surface area (Å²) in [5, 5.41) is 3.09. The van der Waals surface area contributed by atoms with Crippen molar-refractivity contribution in [2.24, 2.45) is 0 Å². The van der Waals surface area contributed by atoms with Gasteiger partial charge in [-0.25, -0.2) is 0 Å². The van der Waals surface area contributed by atoms with Gasteiger partial charge in [-0.3, -0.25) is 9.59 Å². The number of likely N-dealkylation sites (tertiary alicyclic amines) is 1. The summed E-state index contributed by atoms with van der Waals surface area (Å²) in [5.41, 5.74) is 2.23. The molecule has 27 heavy (non-hydrogen) atoms. The Balaban J connectivity index is 1.62. The highest BCUT2D eigenvalue weighted by molar-refractivity contribution is 5.77. The summed E-state index contributed by atoms with van der Waals surface area (Å²) in [6.07, 6.45) is 3.19. The number of benzene rings is 1. The first-order valence-corrected chi connectivity index (χ1v) is 9.76. The van der Waals surface area contributed by atoms with Crippen molar-refractivity contribution in [3.63, 3.8) is 0 Å². The van der Waals surface area contributed by atoms with E-state index in [1.807, 2.05) is 36.9 Å². The number of hydrogen-bond acceptors (Lipinski definition) is 4. The van der Waals surface area contributed by atoms with E-state index in [4.69, 9.17) is 9.47 Å². The zero-order valence-corrected chi connectivity index (χ0v) is 16.8. The number of carbonyl (C=O) groups is 2. The van der Waals surface area contributed by atoms with Crippen LogP contribution in [0.15, 0.2) is 18.2 Å². The van der Waals surface area contributed by atoms with E-state index in [0.29, 0.717) is 45.6 Å². The summed E-state index contributed by atoms with van der Waals surface area (Å²) in [5.74, 6) is 1.11. The Kier molecular flexibility index (Phi) is 8.58. The second-order valence-corrected chi connectivity index (χ2v) is 7.14. The number of carbonyl (C=O) groups excluding carboxylic acids is 2. The Labute approximate surface area is 162 Å². The highest BCUT2D eigenvalue weighted by atomic mass is 16.5. The van der Waals surface area contributed by atoms with Crippen molar-refractivity contribution in [2.75, 3.05) is 33.4 Å². The lowest BCUT2D eigenvalue weighted by molar-refractivity contribution is -0.133. The number of piperidine rings is 1. The fourth-order valence-corrected chi connectivity index (χ4v) is 3.35. The van der Waals surface area contributed by atoms with Crippen molar-refractivity contribution in [3.8, 4) is 5.75 Å². The molecule has 150 valence electrons. The summed E-state index contributed by atoms with van der Waals surface area (Å²) < 4.78 is 10.8. The van der Waals surface area contributed by atoms with E-state index in [-0.39, 0.29) is 17.9 Å². The third-order valence-electron chi connectivity index (χ3n) is 4.94. The number of methoxy groups -OCH3 is 1. The molecule has 1 aliphatic heterocycles. The predicted molar refractivity (Wildman–Crippen MR) is 105 cm³/mol. The summed E-state index contributed by atoms with van der Waals surface area (Å²) in [6.45, 7) is 6.44. The molecule has 1 fully saturated rings. The average molecular weight is 376 g/mol. The molecule has 6 nitrogen and oxygen atoms in total. The molecule has 0 bridgehead atoms. The van der Waals surface area contributed by atoms with Crippen molar-refractivity contribution in [3.05, 3.63) is 29.3 Å². The Morgan fingerprint density at radius 1 is 1.11 bits per heavy atom. The molecule has 1 heterocycles. The standard InChI is InChI=1S/C21H32N2O4/c1-16-6-4-7-17(2)21(16)27-14-5-8-19(24)22-18-9-12-23(13-10-18)20(25)11-15-26-3/h4,6-7,18H,5,8-15H2,1-3H3,(H,22,24). The molecule has 0 unspecified atom stereocenters. The van der Waals surface area contributed by atoms with Crippen LogP contribution in [0.3, 0.4) is 0 Å². The van der Waals surface area contributed by atoms with Crippen LogP contribution in [0.2, 0.25) is 0 Å². The number of rotatable bonds is 9. The van der Waals surface area contributed by atoms with E-state index in [0.717, 1.165) is 29.7 Å². The third kappa shape index (κ3) is 6.86. The van der Waals surface area contributed by atoms with Gasteiger partial charge in [-0.1, -0.05) is 18.2 Å². The topological polar surface area (TPSA) is 67.9 Å². The molecular weight excluding hydrogens is 344 g/mol. The first kappa shape index (κ1) is 21.2. The minimum Gasteiger partial charge on any atom is -0.493 e. The van der Waals surface area contributed by atoms with Crippen LogP contribution in [0.5, 0.6) is 5.75 Å². The van der Waals surface area contributed by atoms with Crippen molar-refractivity contribution in [1.29, 1.82) is 0 Å². The molecule has 1 aliphatic rings. The number of nitrogens with zero attached hydrogens (tertiary/aromatic N) is 1. The smallest absolute Gasteiger partial charge is 0.224 e. The maximum Gasteiger partial charge on any atom is 0.224 e. The highest BCUT2D eigenvalue weighted by Gasteiger charge is 2.23. The van der Waals surface area contributed by atoms with E-state index >= 15 is 0 Å². The molecule has 0 atom stereocenters. The van der Waals surface area contributed by atoms with Crippen molar-refractivity contribution in [2.45, 2.75) is 52.0 Å². The van der Waals surface area contributed by atoms with Crippen molar-refractivity contribution in [1.82, 2.24) is 10.2 Å². The number of nitrogens with one attached hydrogen (secondary N) is 1. The van der Waals surface area contributed by atoms with Crippen LogP contribution >= 0.6 is 0 Å². The molecule has 2 rings (SSSR count). The molecule has 1 aromatic rings. The number of para-hydroxylation sites is 1. The summed E-state index contributed by atoms with van der Waals surface area (Å²) >= 11 is 0. The van der Waals surface area contributed by atoms with Crippen LogP contribution < -0.4 is 10.1 Å². The van der Waals surface area contributed by atoms with Crippen molar-refractivity contribution >= 4 is 11.8 Å². The van der Waals surface area contributed by atoms with Gasteiger partial charge in [0.2, 0.25) is 11.8 Å². The largest absolute Gasteiger partial charge is 0.493 e. The Bertz CT molecular complexity index is 604. The van der Waals surface area contributed by atoms with E-state index < -0.39 is 0 Å². The third-order valence-corrected chi connectivity index (χ3v) is 4.94. The molecule has 1 saturated heterocycles. The van der Waals surface area contributed by atoms with Crippen LogP contribution in [0, 0.1) is 13.8 Å². The second-order valence-electron chi connectivity index (χ2n) is 7.14. The molecular formula is C21H32N2O4. The monoisotopic (exact) mass is 376 g/mol. The quantitative estimate of drug-likeness (QED) is 0.673. The van der Waals surface area contributed by atoms with Gasteiger partial charge in [-0.15, -0.1) is 0 Å². The average Bonchev–Trinajstić information content (AvgIpc) is 2.65. The number of ether oxygens (including phenoxy) is 2. The lowest BCUT2D eigenvalue weighted by atomic mass is 10.0. The number of amides is 2. The molecule has 0 aromatic heterocycles. The van der Waals surface area contributed by atoms with E-state index in [1.54, 1.807) is 7.11 Å². The van der Waals surface area contributed by atoms with Gasteiger partial charge in [0.15, 0.2) is 0 Å². The van der Waals surface area contributed by atoms with Crippen LogP contribution in [-0.4, -0.2) is 56.2 Å². The SMILES string of the molecule is COCCC(=O)N1CCC(NC(=O)CCCOc2c(C)cccc2C)CC1. The van der Waals surface area contributed by atoms with Crippen LogP contribution in [0.25, 0.3) is 0 Å². The lowest BCUT2D eigenvalue weighted by Crippen LogP contribution is -2.46. The van der Waals surface area contributed by atoms with Gasteiger partial charge in [-0.05, 0) is 44.2 Å².